The Labute approximate surface area is 102 Å². The van der Waals surface area contributed by atoms with Gasteiger partial charge in [-0.1, -0.05) is 27.7 Å². The topological polar surface area (TPSA) is 0 Å². The number of hydrogen-bond acceptors (Lipinski definition) is 0. The highest BCUT2D eigenvalue weighted by Gasteiger charge is 2.72. The van der Waals surface area contributed by atoms with E-state index in [0.717, 1.165) is 0 Å². The molecule has 0 aromatic rings. The van der Waals surface area contributed by atoms with E-state index >= 15 is 0 Å². The molecule has 0 aliphatic heterocycles. The zero-order valence-corrected chi connectivity index (χ0v) is 11.2. The van der Waals surface area contributed by atoms with Gasteiger partial charge in [0.1, 0.15) is 0 Å². The molecule has 3 heteroatoms. The highest BCUT2D eigenvalue weighted by Crippen LogP contribution is 2.68. The fraction of sp³-hybridized carbons (Fsp3) is 1.00. The molecule has 3 aliphatic carbocycles. The molecule has 3 aliphatic rings. The van der Waals surface area contributed by atoms with Crippen molar-refractivity contribution < 1.29 is 13.2 Å². The number of alkyl halides is 3. The van der Waals surface area contributed by atoms with E-state index in [2.05, 4.69) is 0 Å². The Morgan fingerprint density at radius 1 is 0.882 bits per heavy atom. The first-order valence-corrected chi connectivity index (χ1v) is 6.72. The molecule has 17 heavy (non-hydrogen) atoms. The maximum atomic E-state index is 14.4. The molecule has 0 heterocycles. The molecule has 1 unspecified atom stereocenters. The van der Waals surface area contributed by atoms with Crippen molar-refractivity contribution in [1.29, 1.82) is 0 Å². The summed E-state index contributed by atoms with van der Waals surface area (Å²) in [6.07, 6.45) is 0.256. The third-order valence-corrected chi connectivity index (χ3v) is 5.82. The van der Waals surface area contributed by atoms with Gasteiger partial charge in [0.15, 0.2) is 6.17 Å². The summed E-state index contributed by atoms with van der Waals surface area (Å²) >= 11 is 0. The predicted octanol–water partition coefficient (Wildman–Crippen LogP) is 4.83. The van der Waals surface area contributed by atoms with E-state index in [1.165, 1.54) is 0 Å². The SMILES string of the molecule is CC(C)C12CCC(C(C)C)(CC1)C(F)(F)C2F. The molecule has 0 radical (unpaired) electrons. The van der Waals surface area contributed by atoms with Gasteiger partial charge in [0.05, 0.1) is 0 Å². The predicted molar refractivity (Wildman–Crippen MR) is 62.9 cm³/mol. The Morgan fingerprint density at radius 3 is 1.71 bits per heavy atom. The van der Waals surface area contributed by atoms with Crippen molar-refractivity contribution in [3.05, 3.63) is 0 Å². The molecule has 0 saturated heterocycles. The number of rotatable bonds is 2. The molecule has 0 nitrogen and oxygen atoms in total. The van der Waals surface area contributed by atoms with E-state index < -0.39 is 22.9 Å². The lowest BCUT2D eigenvalue weighted by Crippen LogP contribution is -2.66. The van der Waals surface area contributed by atoms with E-state index in [4.69, 9.17) is 0 Å². The maximum absolute atomic E-state index is 14.4. The van der Waals surface area contributed by atoms with E-state index in [1.54, 1.807) is 0 Å². The van der Waals surface area contributed by atoms with E-state index in [9.17, 15) is 13.2 Å². The smallest absolute Gasteiger partial charge is 0.240 e. The van der Waals surface area contributed by atoms with Crippen LogP contribution in [0.3, 0.4) is 0 Å². The summed E-state index contributed by atoms with van der Waals surface area (Å²) in [5.74, 6) is -3.31. The molecule has 3 fully saturated rings. The van der Waals surface area contributed by atoms with E-state index in [1.807, 2.05) is 27.7 Å². The molecule has 0 aromatic heterocycles. The van der Waals surface area contributed by atoms with Crippen molar-refractivity contribution in [2.45, 2.75) is 65.5 Å². The molecule has 1 atom stereocenters. The van der Waals surface area contributed by atoms with Crippen LogP contribution >= 0.6 is 0 Å². The fourth-order valence-electron chi connectivity index (χ4n) is 4.19. The van der Waals surface area contributed by atoms with Gasteiger partial charge in [-0.3, -0.25) is 0 Å². The van der Waals surface area contributed by atoms with Gasteiger partial charge in [-0.2, -0.15) is 0 Å². The van der Waals surface area contributed by atoms with Gasteiger partial charge >= 0.3 is 0 Å². The lowest BCUT2D eigenvalue weighted by molar-refractivity contribution is -0.291. The molecule has 0 spiro atoms. The van der Waals surface area contributed by atoms with Gasteiger partial charge in [0.25, 0.3) is 5.92 Å². The van der Waals surface area contributed by atoms with E-state index in [0.29, 0.717) is 25.7 Å². The van der Waals surface area contributed by atoms with E-state index in [-0.39, 0.29) is 11.8 Å². The first-order valence-electron chi connectivity index (χ1n) is 6.72. The first-order chi connectivity index (χ1) is 7.71. The van der Waals surface area contributed by atoms with Crippen molar-refractivity contribution in [2.24, 2.45) is 22.7 Å². The maximum Gasteiger partial charge on any atom is 0.284 e. The zero-order valence-electron chi connectivity index (χ0n) is 11.2. The minimum Gasteiger partial charge on any atom is -0.240 e. The van der Waals surface area contributed by atoms with Crippen LogP contribution in [0, 0.1) is 22.7 Å². The Morgan fingerprint density at radius 2 is 1.35 bits per heavy atom. The van der Waals surface area contributed by atoms with Crippen LogP contribution in [0.15, 0.2) is 0 Å². The molecular weight excluding hydrogens is 225 g/mol. The molecular formula is C14H23F3. The monoisotopic (exact) mass is 248 g/mol. The second-order valence-electron chi connectivity index (χ2n) is 6.68. The van der Waals surface area contributed by atoms with Crippen LogP contribution in [0.1, 0.15) is 53.4 Å². The van der Waals surface area contributed by atoms with Gasteiger partial charge in [0.2, 0.25) is 0 Å². The fourth-order valence-corrected chi connectivity index (χ4v) is 4.19. The van der Waals surface area contributed by atoms with Crippen LogP contribution in [-0.2, 0) is 0 Å². The number of hydrogen-bond donors (Lipinski definition) is 0. The Kier molecular flexibility index (Phi) is 2.83. The quantitative estimate of drug-likeness (QED) is 0.656. The molecule has 0 amide bonds. The number of halogens is 3. The Bertz CT molecular complexity index is 299. The summed E-state index contributed by atoms with van der Waals surface area (Å²) in [4.78, 5) is 0. The summed E-state index contributed by atoms with van der Waals surface area (Å²) in [5.41, 5.74) is -1.87. The average molecular weight is 248 g/mol. The number of fused-ring (bicyclic) bond motifs is 3. The van der Waals surface area contributed by atoms with Crippen LogP contribution in [0.5, 0.6) is 0 Å². The molecule has 2 bridgehead atoms. The molecule has 3 saturated carbocycles. The standard InChI is InChI=1S/C14H23F3/c1-9(2)12-5-7-13(8-6-12,10(3)4)14(16,17)11(12)15/h9-11H,5-8H2,1-4H3. The Hall–Kier alpha value is -0.210. The van der Waals surface area contributed by atoms with Crippen molar-refractivity contribution in [1.82, 2.24) is 0 Å². The summed E-state index contributed by atoms with van der Waals surface area (Å²) in [7, 11) is 0. The van der Waals surface area contributed by atoms with Gasteiger partial charge < -0.3 is 0 Å². The second kappa shape index (κ2) is 3.64. The molecule has 3 rings (SSSR count). The first kappa shape index (κ1) is 13.2. The van der Waals surface area contributed by atoms with Crippen molar-refractivity contribution in [3.8, 4) is 0 Å². The highest BCUT2D eigenvalue weighted by atomic mass is 19.3. The van der Waals surface area contributed by atoms with Crippen molar-refractivity contribution in [2.75, 3.05) is 0 Å². The van der Waals surface area contributed by atoms with Crippen LogP contribution in [0.25, 0.3) is 0 Å². The van der Waals surface area contributed by atoms with Crippen LogP contribution < -0.4 is 0 Å². The van der Waals surface area contributed by atoms with Gasteiger partial charge in [-0.25, -0.2) is 13.2 Å². The highest BCUT2D eigenvalue weighted by molar-refractivity contribution is 5.15. The van der Waals surface area contributed by atoms with Crippen LogP contribution in [0.4, 0.5) is 13.2 Å². The minimum absolute atomic E-state index is 0.00571. The lowest BCUT2D eigenvalue weighted by atomic mass is 9.45. The normalized spacial score (nSPS) is 44.6. The molecule has 0 N–H and O–H groups in total. The van der Waals surface area contributed by atoms with Gasteiger partial charge in [0, 0.05) is 10.8 Å². The minimum atomic E-state index is -3.15. The van der Waals surface area contributed by atoms with Gasteiger partial charge in [-0.15, -0.1) is 0 Å². The zero-order chi connectivity index (χ0) is 13.1. The summed E-state index contributed by atoms with van der Waals surface area (Å²) in [5, 5.41) is 0. The van der Waals surface area contributed by atoms with Gasteiger partial charge in [-0.05, 0) is 37.5 Å². The summed E-state index contributed by atoms with van der Waals surface area (Å²) in [6.45, 7) is 7.40. The third-order valence-electron chi connectivity index (χ3n) is 5.82. The van der Waals surface area contributed by atoms with Crippen molar-refractivity contribution >= 4 is 0 Å². The second-order valence-corrected chi connectivity index (χ2v) is 6.68. The molecule has 0 aromatic carbocycles. The largest absolute Gasteiger partial charge is 0.284 e. The average Bonchev–Trinajstić information content (AvgIpc) is 2.25. The lowest BCUT2D eigenvalue weighted by Gasteiger charge is -2.62. The van der Waals surface area contributed by atoms with Crippen LogP contribution in [0.2, 0.25) is 0 Å². The van der Waals surface area contributed by atoms with Crippen molar-refractivity contribution in [3.63, 3.8) is 0 Å². The summed E-state index contributed by atoms with van der Waals surface area (Å²) in [6, 6.07) is 0. The summed E-state index contributed by atoms with van der Waals surface area (Å²) < 4.78 is 43.3. The molecule has 100 valence electrons. The Balaban J connectivity index is 2.45. The van der Waals surface area contributed by atoms with Crippen LogP contribution in [-0.4, -0.2) is 12.1 Å². The third kappa shape index (κ3) is 1.37.